The van der Waals surface area contributed by atoms with E-state index in [0.717, 1.165) is 4.90 Å². The van der Waals surface area contributed by atoms with Crippen LogP contribution in [0.15, 0.2) is 29.2 Å². The first-order chi connectivity index (χ1) is 9.51. The van der Waals surface area contributed by atoms with Crippen molar-refractivity contribution in [1.29, 1.82) is 0 Å². The third-order valence-electron chi connectivity index (χ3n) is 2.46. The summed E-state index contributed by atoms with van der Waals surface area (Å²) in [6.45, 7) is 1.48. The molecule has 0 aliphatic carbocycles. The molecule has 104 valence electrons. The maximum absolute atomic E-state index is 11.0. The van der Waals surface area contributed by atoms with E-state index in [1.807, 2.05) is 18.4 Å². The van der Waals surface area contributed by atoms with Gasteiger partial charge in [0.1, 0.15) is 11.4 Å². The van der Waals surface area contributed by atoms with Gasteiger partial charge in [-0.1, -0.05) is 0 Å². The Balaban J connectivity index is 2.39. The van der Waals surface area contributed by atoms with E-state index in [-0.39, 0.29) is 22.5 Å². The highest BCUT2D eigenvalue weighted by atomic mass is 35.5. The van der Waals surface area contributed by atoms with E-state index in [1.165, 1.54) is 6.92 Å². The van der Waals surface area contributed by atoms with E-state index in [1.54, 1.807) is 23.9 Å². The number of ether oxygens (including phenoxy) is 1. The Morgan fingerprint density at radius 1 is 1.30 bits per heavy atom. The fraction of sp³-hybridized carbons (Fsp3) is 0.167. The summed E-state index contributed by atoms with van der Waals surface area (Å²) in [5, 5.41) is 11.0. The molecule has 0 saturated heterocycles. The molecule has 1 heterocycles. The highest BCUT2D eigenvalue weighted by molar-refractivity contribution is 7.98. The fourth-order valence-electron chi connectivity index (χ4n) is 1.54. The second kappa shape index (κ2) is 6.06. The average molecular weight is 312 g/mol. The third kappa shape index (κ3) is 3.17. The Hall–Kier alpha value is -1.86. The Labute approximate surface area is 124 Å². The van der Waals surface area contributed by atoms with Crippen LogP contribution in [0.25, 0.3) is 0 Å². The molecular formula is C12H10ClN3O3S. The number of hydrogen-bond acceptors (Lipinski definition) is 6. The smallest absolute Gasteiger partial charge is 0.352 e. The average Bonchev–Trinajstić information content (AvgIpc) is 2.38. The van der Waals surface area contributed by atoms with Crippen LogP contribution in [0, 0.1) is 17.0 Å². The molecule has 0 atom stereocenters. The van der Waals surface area contributed by atoms with Crippen molar-refractivity contribution >= 4 is 29.1 Å². The fourth-order valence-corrected chi connectivity index (χ4v) is 2.16. The van der Waals surface area contributed by atoms with Crippen LogP contribution in [-0.2, 0) is 0 Å². The third-order valence-corrected chi connectivity index (χ3v) is 3.37. The number of benzene rings is 1. The number of aromatic nitrogens is 2. The van der Waals surface area contributed by atoms with Gasteiger partial charge in [0.2, 0.25) is 5.28 Å². The Morgan fingerprint density at radius 2 is 1.95 bits per heavy atom. The summed E-state index contributed by atoms with van der Waals surface area (Å²) in [6.07, 6.45) is 1.95. The molecule has 0 N–H and O–H groups in total. The number of hydrogen-bond donors (Lipinski definition) is 0. The van der Waals surface area contributed by atoms with Gasteiger partial charge in [-0.05, 0) is 49.0 Å². The van der Waals surface area contributed by atoms with E-state index in [0.29, 0.717) is 5.75 Å². The molecule has 1 aromatic heterocycles. The van der Waals surface area contributed by atoms with Gasteiger partial charge < -0.3 is 4.74 Å². The number of thioether (sulfide) groups is 1. The van der Waals surface area contributed by atoms with Gasteiger partial charge in [-0.25, -0.2) is 4.98 Å². The van der Waals surface area contributed by atoms with Crippen LogP contribution in [0.3, 0.4) is 0 Å². The zero-order valence-electron chi connectivity index (χ0n) is 10.7. The lowest BCUT2D eigenvalue weighted by atomic mass is 10.3. The van der Waals surface area contributed by atoms with Crippen LogP contribution in [0.1, 0.15) is 5.69 Å². The Bertz CT molecular complexity index is 649. The molecular weight excluding hydrogens is 302 g/mol. The largest absolute Gasteiger partial charge is 0.434 e. The van der Waals surface area contributed by atoms with E-state index in [9.17, 15) is 10.1 Å². The molecule has 2 rings (SSSR count). The molecule has 2 aromatic rings. The Morgan fingerprint density at radius 3 is 2.50 bits per heavy atom. The van der Waals surface area contributed by atoms with Crippen LogP contribution in [-0.4, -0.2) is 21.1 Å². The minimum absolute atomic E-state index is 0.0937. The predicted molar refractivity (Wildman–Crippen MR) is 76.7 cm³/mol. The number of halogens is 1. The van der Waals surface area contributed by atoms with Gasteiger partial charge in [-0.3, -0.25) is 10.1 Å². The van der Waals surface area contributed by atoms with Crippen LogP contribution in [0.5, 0.6) is 11.6 Å². The van der Waals surface area contributed by atoms with E-state index < -0.39 is 4.92 Å². The molecule has 0 bridgehead atoms. The molecule has 0 aliphatic heterocycles. The highest BCUT2D eigenvalue weighted by Gasteiger charge is 2.23. The van der Waals surface area contributed by atoms with Crippen molar-refractivity contribution in [2.45, 2.75) is 11.8 Å². The van der Waals surface area contributed by atoms with E-state index in [2.05, 4.69) is 9.97 Å². The van der Waals surface area contributed by atoms with Crippen LogP contribution in [0.2, 0.25) is 5.28 Å². The van der Waals surface area contributed by atoms with Gasteiger partial charge in [0.05, 0.1) is 4.92 Å². The summed E-state index contributed by atoms with van der Waals surface area (Å²) in [5.74, 6) is 0.282. The SMILES string of the molecule is CSc1ccc(Oc2nc(Cl)nc(C)c2[N+](=O)[O-])cc1. The quantitative estimate of drug-likeness (QED) is 0.369. The number of nitro groups is 1. The summed E-state index contributed by atoms with van der Waals surface area (Å²) >= 11 is 7.30. The number of nitrogens with zero attached hydrogens (tertiary/aromatic N) is 3. The normalized spacial score (nSPS) is 10.3. The van der Waals surface area contributed by atoms with E-state index >= 15 is 0 Å². The summed E-state index contributed by atoms with van der Waals surface area (Å²) in [4.78, 5) is 19.0. The van der Waals surface area contributed by atoms with Gasteiger partial charge >= 0.3 is 11.6 Å². The topological polar surface area (TPSA) is 78.2 Å². The minimum Gasteiger partial charge on any atom is -0.434 e. The molecule has 0 amide bonds. The predicted octanol–water partition coefficient (Wildman–Crippen LogP) is 3.86. The molecule has 1 aromatic carbocycles. The molecule has 6 nitrogen and oxygen atoms in total. The monoisotopic (exact) mass is 311 g/mol. The van der Waals surface area contributed by atoms with E-state index in [4.69, 9.17) is 16.3 Å². The van der Waals surface area contributed by atoms with Crippen molar-refractivity contribution in [3.05, 3.63) is 45.4 Å². The second-order valence-corrected chi connectivity index (χ2v) is 4.98. The second-order valence-electron chi connectivity index (χ2n) is 3.77. The van der Waals surface area contributed by atoms with Crippen LogP contribution < -0.4 is 4.74 Å². The minimum atomic E-state index is -0.586. The summed E-state index contributed by atoms with van der Waals surface area (Å²) in [6, 6.07) is 7.12. The van der Waals surface area contributed by atoms with Gasteiger partial charge in [0, 0.05) is 4.90 Å². The lowest BCUT2D eigenvalue weighted by Crippen LogP contribution is -2.01. The first kappa shape index (κ1) is 14.5. The standard InChI is InChI=1S/C12H10ClN3O3S/c1-7-10(16(17)18)11(15-12(13)14-7)19-8-3-5-9(20-2)6-4-8/h3-6H,1-2H3. The molecule has 0 unspecified atom stereocenters. The molecule has 8 heteroatoms. The van der Waals surface area contributed by atoms with Crippen molar-refractivity contribution in [3.8, 4) is 11.6 Å². The Kier molecular flexibility index (Phi) is 4.41. The zero-order valence-corrected chi connectivity index (χ0v) is 12.2. The van der Waals surface area contributed by atoms with Crippen molar-refractivity contribution in [2.24, 2.45) is 0 Å². The van der Waals surface area contributed by atoms with Crippen molar-refractivity contribution in [1.82, 2.24) is 9.97 Å². The van der Waals surface area contributed by atoms with Crippen molar-refractivity contribution < 1.29 is 9.66 Å². The van der Waals surface area contributed by atoms with Gasteiger partial charge in [-0.15, -0.1) is 11.8 Å². The highest BCUT2D eigenvalue weighted by Crippen LogP contribution is 2.32. The van der Waals surface area contributed by atoms with Crippen LogP contribution in [0.4, 0.5) is 5.69 Å². The van der Waals surface area contributed by atoms with Gasteiger partial charge in [-0.2, -0.15) is 4.98 Å². The lowest BCUT2D eigenvalue weighted by Gasteiger charge is -2.07. The first-order valence-corrected chi connectivity index (χ1v) is 7.12. The zero-order chi connectivity index (χ0) is 14.7. The van der Waals surface area contributed by atoms with Crippen LogP contribution >= 0.6 is 23.4 Å². The summed E-state index contributed by atoms with van der Waals surface area (Å²) < 4.78 is 5.45. The first-order valence-electron chi connectivity index (χ1n) is 5.51. The lowest BCUT2D eigenvalue weighted by molar-refractivity contribution is -0.386. The molecule has 0 spiro atoms. The van der Waals surface area contributed by atoms with Gasteiger partial charge in [0.25, 0.3) is 0 Å². The molecule has 20 heavy (non-hydrogen) atoms. The summed E-state index contributed by atoms with van der Waals surface area (Å²) in [5.41, 5.74) is -0.130. The van der Waals surface area contributed by atoms with Crippen molar-refractivity contribution in [3.63, 3.8) is 0 Å². The maximum atomic E-state index is 11.0. The molecule has 0 saturated carbocycles. The number of aryl methyl sites for hydroxylation is 1. The molecule has 0 aliphatic rings. The summed E-state index contributed by atoms with van der Waals surface area (Å²) in [7, 11) is 0. The number of rotatable bonds is 4. The maximum Gasteiger partial charge on any atom is 0.352 e. The molecule has 0 radical (unpaired) electrons. The van der Waals surface area contributed by atoms with Gasteiger partial charge in [0.15, 0.2) is 0 Å². The van der Waals surface area contributed by atoms with Crippen molar-refractivity contribution in [2.75, 3.05) is 6.26 Å². The molecule has 0 fully saturated rings.